The number of hydrogen-bond acceptors (Lipinski definition) is 4. The summed E-state index contributed by atoms with van der Waals surface area (Å²) >= 11 is 0. The number of carbonyl (C=O) groups excluding carboxylic acids is 2. The summed E-state index contributed by atoms with van der Waals surface area (Å²) in [5, 5.41) is 2.83. The molecule has 3 aromatic carbocycles. The number of hydrogen-bond donors (Lipinski definition) is 2. The van der Waals surface area contributed by atoms with E-state index in [9.17, 15) is 18.0 Å². The van der Waals surface area contributed by atoms with Crippen LogP contribution < -0.4 is 14.9 Å². The molecule has 0 saturated heterocycles. The number of nitrogens with zero attached hydrogens (tertiary/aromatic N) is 1. The fraction of sp³-hybridized carbons (Fsp3) is 0.167. The number of nitrogens with one attached hydrogen (secondary N) is 2. The fourth-order valence-electron chi connectivity index (χ4n) is 3.76. The van der Waals surface area contributed by atoms with Crippen molar-refractivity contribution in [2.75, 3.05) is 23.8 Å². The van der Waals surface area contributed by atoms with Crippen LogP contribution in [0.25, 0.3) is 0 Å². The lowest BCUT2D eigenvalue weighted by atomic mass is 10.1. The lowest BCUT2D eigenvalue weighted by Gasteiger charge is -2.20. The highest BCUT2D eigenvalue weighted by Crippen LogP contribution is 2.33. The molecule has 8 heteroatoms. The zero-order valence-electron chi connectivity index (χ0n) is 17.8. The van der Waals surface area contributed by atoms with Crippen molar-refractivity contribution in [3.05, 3.63) is 89.0 Å². The summed E-state index contributed by atoms with van der Waals surface area (Å²) in [6, 6.07) is 18.8. The van der Waals surface area contributed by atoms with Crippen LogP contribution in [0, 0.1) is 6.92 Å². The first-order chi connectivity index (χ1) is 15.3. The highest BCUT2D eigenvalue weighted by Gasteiger charge is 2.29. The number of aryl methyl sites for hydroxylation is 1. The predicted octanol–water partition coefficient (Wildman–Crippen LogP) is 3.36. The van der Waals surface area contributed by atoms with Crippen molar-refractivity contribution in [1.82, 2.24) is 4.72 Å². The van der Waals surface area contributed by atoms with Gasteiger partial charge in [0.05, 0.1) is 16.1 Å². The maximum absolute atomic E-state index is 13.4. The Morgan fingerprint density at radius 2 is 1.75 bits per heavy atom. The van der Waals surface area contributed by atoms with Gasteiger partial charge in [0.1, 0.15) is 0 Å². The maximum Gasteiger partial charge on any atom is 0.260 e. The van der Waals surface area contributed by atoms with Gasteiger partial charge in [-0.1, -0.05) is 35.9 Å². The largest absolute Gasteiger partial charge is 0.321 e. The molecule has 1 aliphatic heterocycles. The zero-order chi connectivity index (χ0) is 22.9. The van der Waals surface area contributed by atoms with E-state index in [1.807, 2.05) is 13.0 Å². The van der Waals surface area contributed by atoms with Crippen LogP contribution in [-0.4, -0.2) is 33.8 Å². The van der Waals surface area contributed by atoms with Crippen LogP contribution in [0.3, 0.4) is 0 Å². The van der Waals surface area contributed by atoms with Gasteiger partial charge >= 0.3 is 0 Å². The van der Waals surface area contributed by atoms with Crippen LogP contribution in [0.1, 0.15) is 31.8 Å². The van der Waals surface area contributed by atoms with Crippen LogP contribution >= 0.6 is 0 Å². The molecule has 3 aromatic rings. The molecular formula is C24H23N3O4S. The quantitative estimate of drug-likeness (QED) is 0.624. The maximum atomic E-state index is 13.4. The Kier molecular flexibility index (Phi) is 5.82. The molecule has 0 atom stereocenters. The zero-order valence-corrected chi connectivity index (χ0v) is 18.6. The molecule has 0 aliphatic carbocycles. The van der Waals surface area contributed by atoms with Gasteiger partial charge in [0.25, 0.3) is 11.8 Å². The van der Waals surface area contributed by atoms with Crippen LogP contribution in [0.2, 0.25) is 0 Å². The highest BCUT2D eigenvalue weighted by molar-refractivity contribution is 7.89. The van der Waals surface area contributed by atoms with Crippen LogP contribution in [0.4, 0.5) is 11.4 Å². The molecule has 7 nitrogen and oxygen atoms in total. The summed E-state index contributed by atoms with van der Waals surface area (Å²) in [4.78, 5) is 27.8. The number of benzene rings is 3. The minimum atomic E-state index is -3.64. The van der Waals surface area contributed by atoms with Crippen molar-refractivity contribution >= 4 is 33.2 Å². The molecule has 0 radical (unpaired) electrons. The molecule has 32 heavy (non-hydrogen) atoms. The van der Waals surface area contributed by atoms with Gasteiger partial charge in [-0.3, -0.25) is 9.59 Å². The van der Waals surface area contributed by atoms with E-state index < -0.39 is 10.0 Å². The summed E-state index contributed by atoms with van der Waals surface area (Å²) in [6.45, 7) is 2.33. The molecule has 1 heterocycles. The first kappa shape index (κ1) is 21.7. The molecule has 0 saturated carbocycles. The summed E-state index contributed by atoms with van der Waals surface area (Å²) in [5.74, 6) is -0.610. The first-order valence-electron chi connectivity index (χ1n) is 10.2. The second kappa shape index (κ2) is 8.57. The minimum Gasteiger partial charge on any atom is -0.321 e. The number of carbonyl (C=O) groups is 2. The number of rotatable bonds is 5. The van der Waals surface area contributed by atoms with Gasteiger partial charge in [-0.2, -0.15) is 0 Å². The van der Waals surface area contributed by atoms with E-state index in [0.29, 0.717) is 35.5 Å². The molecule has 1 aliphatic rings. The lowest BCUT2D eigenvalue weighted by molar-refractivity contribution is 0.0990. The van der Waals surface area contributed by atoms with Crippen LogP contribution in [0.5, 0.6) is 0 Å². The van der Waals surface area contributed by atoms with E-state index in [0.717, 1.165) is 11.1 Å². The van der Waals surface area contributed by atoms with Gasteiger partial charge in [0, 0.05) is 17.8 Å². The summed E-state index contributed by atoms with van der Waals surface area (Å²) in [7, 11) is -2.29. The van der Waals surface area contributed by atoms with E-state index in [2.05, 4.69) is 10.0 Å². The van der Waals surface area contributed by atoms with E-state index in [4.69, 9.17) is 0 Å². The molecular weight excluding hydrogens is 426 g/mol. The van der Waals surface area contributed by atoms with Gasteiger partial charge in [0.2, 0.25) is 10.0 Å². The standard InChI is InChI=1S/C24H23N3O4S/c1-16-6-5-7-18(14-16)23(28)26-21-9-4-3-8-20(21)24(29)27-13-12-17-10-11-19(15-22(17)27)32(30,31)25-2/h3-11,14-15,25H,12-13H2,1-2H3,(H,26,28). The van der Waals surface area contributed by atoms with E-state index in [1.54, 1.807) is 53.4 Å². The Hall–Kier alpha value is -3.49. The van der Waals surface area contributed by atoms with Gasteiger partial charge in [-0.25, -0.2) is 13.1 Å². The second-order valence-electron chi connectivity index (χ2n) is 7.57. The third kappa shape index (κ3) is 4.15. The molecule has 0 spiro atoms. The Balaban J connectivity index is 1.65. The summed E-state index contributed by atoms with van der Waals surface area (Å²) in [5.41, 5.74) is 3.66. The number of para-hydroxylation sites is 1. The third-order valence-corrected chi connectivity index (χ3v) is 6.87. The van der Waals surface area contributed by atoms with Crippen molar-refractivity contribution in [1.29, 1.82) is 0 Å². The van der Waals surface area contributed by atoms with Crippen molar-refractivity contribution in [3.63, 3.8) is 0 Å². The van der Waals surface area contributed by atoms with Crippen LogP contribution in [0.15, 0.2) is 71.6 Å². The molecule has 0 unspecified atom stereocenters. The number of fused-ring (bicyclic) bond motifs is 1. The Labute approximate surface area is 187 Å². The summed E-state index contributed by atoms with van der Waals surface area (Å²) in [6.07, 6.45) is 0.624. The van der Waals surface area contributed by atoms with Gasteiger partial charge in [-0.15, -0.1) is 0 Å². The van der Waals surface area contributed by atoms with Crippen molar-refractivity contribution in [2.45, 2.75) is 18.2 Å². The average molecular weight is 450 g/mol. The first-order valence-corrected chi connectivity index (χ1v) is 11.6. The molecule has 0 aromatic heterocycles. The van der Waals surface area contributed by atoms with Gasteiger partial charge < -0.3 is 10.2 Å². The van der Waals surface area contributed by atoms with E-state index in [-0.39, 0.29) is 16.7 Å². The van der Waals surface area contributed by atoms with Crippen molar-refractivity contribution < 1.29 is 18.0 Å². The molecule has 4 rings (SSSR count). The smallest absolute Gasteiger partial charge is 0.260 e. The van der Waals surface area contributed by atoms with Gasteiger partial charge in [0.15, 0.2) is 0 Å². The number of sulfonamides is 1. The Morgan fingerprint density at radius 1 is 0.969 bits per heavy atom. The van der Waals surface area contributed by atoms with Crippen LogP contribution in [-0.2, 0) is 16.4 Å². The summed E-state index contributed by atoms with van der Waals surface area (Å²) < 4.78 is 26.7. The molecule has 0 fully saturated rings. The highest BCUT2D eigenvalue weighted by atomic mass is 32.2. The number of amides is 2. The number of anilines is 2. The normalized spacial score (nSPS) is 13.0. The predicted molar refractivity (Wildman–Crippen MR) is 124 cm³/mol. The van der Waals surface area contributed by atoms with Crippen molar-refractivity contribution in [3.8, 4) is 0 Å². The topological polar surface area (TPSA) is 95.6 Å². The molecule has 2 amide bonds. The minimum absolute atomic E-state index is 0.0967. The molecule has 0 bridgehead atoms. The van der Waals surface area contributed by atoms with Gasteiger partial charge in [-0.05, 0) is 62.4 Å². The Morgan fingerprint density at radius 3 is 2.50 bits per heavy atom. The average Bonchev–Trinajstić information content (AvgIpc) is 3.22. The fourth-order valence-corrected chi connectivity index (χ4v) is 4.51. The molecule has 2 N–H and O–H groups in total. The van der Waals surface area contributed by atoms with Crippen molar-refractivity contribution in [2.24, 2.45) is 0 Å². The molecule has 164 valence electrons. The monoisotopic (exact) mass is 449 g/mol. The second-order valence-corrected chi connectivity index (χ2v) is 9.46. The lowest BCUT2D eigenvalue weighted by Crippen LogP contribution is -2.30. The van der Waals surface area contributed by atoms with E-state index >= 15 is 0 Å². The SMILES string of the molecule is CNS(=O)(=O)c1ccc2c(c1)N(C(=O)c1ccccc1NC(=O)c1cccc(C)c1)CC2. The third-order valence-electron chi connectivity index (χ3n) is 5.46. The Bertz CT molecular complexity index is 1320. The van der Waals surface area contributed by atoms with E-state index in [1.165, 1.54) is 19.2 Å².